The molecule has 1 aliphatic rings. The van der Waals surface area contributed by atoms with E-state index >= 15 is 0 Å². The highest BCUT2D eigenvalue weighted by Gasteiger charge is 2.24. The van der Waals surface area contributed by atoms with Crippen LogP contribution in [-0.4, -0.2) is 13.6 Å². The fourth-order valence-corrected chi connectivity index (χ4v) is 5.78. The molecule has 138 valence electrons. The first-order valence-corrected chi connectivity index (χ1v) is 10.9. The van der Waals surface area contributed by atoms with Crippen molar-refractivity contribution >= 4 is 45.1 Å². The molecule has 1 aromatic heterocycles. The molecule has 0 atom stereocenters. The Morgan fingerprint density at radius 1 is 1.11 bits per heavy atom. The molecule has 1 aliphatic heterocycles. The first kappa shape index (κ1) is 18.1. The molecular weight excluding hydrogens is 370 g/mol. The van der Waals surface area contributed by atoms with Crippen LogP contribution in [-0.2, 0) is 6.54 Å². The third-order valence-electron chi connectivity index (χ3n) is 4.75. The van der Waals surface area contributed by atoms with Gasteiger partial charge in [-0.3, -0.25) is 0 Å². The molecule has 0 bridgehead atoms. The third-order valence-corrected chi connectivity index (χ3v) is 6.98. The molecule has 3 nitrogen and oxygen atoms in total. The number of allylic oxidation sites excluding steroid dienone is 1. The summed E-state index contributed by atoms with van der Waals surface area (Å²) in [5.41, 5.74) is 3.73. The maximum Gasteiger partial charge on any atom is 0.264 e. The Kier molecular flexibility index (Phi) is 5.23. The number of hydrogen-bond donors (Lipinski definition) is 1. The van der Waals surface area contributed by atoms with Gasteiger partial charge in [-0.2, -0.15) is 4.57 Å². The van der Waals surface area contributed by atoms with E-state index in [0.717, 1.165) is 18.8 Å². The lowest BCUT2D eigenvalue weighted by Gasteiger charge is -2.18. The van der Waals surface area contributed by atoms with Crippen molar-refractivity contribution in [2.45, 2.75) is 25.3 Å². The molecule has 1 N–H and O–H groups in total. The Hall–Kier alpha value is -2.24. The van der Waals surface area contributed by atoms with Crippen LogP contribution in [0.4, 0.5) is 5.69 Å². The number of nitrogens with one attached hydrogen (secondary N) is 1. The normalized spacial score (nSPS) is 15.6. The van der Waals surface area contributed by atoms with Gasteiger partial charge in [0.05, 0.1) is 10.7 Å². The van der Waals surface area contributed by atoms with Gasteiger partial charge in [0.15, 0.2) is 0 Å². The van der Waals surface area contributed by atoms with Crippen LogP contribution < -0.4 is 14.8 Å². The number of aryl methyl sites for hydroxylation is 1. The molecule has 5 heteroatoms. The monoisotopic (exact) mass is 394 g/mol. The van der Waals surface area contributed by atoms with Crippen LogP contribution in [0.15, 0.2) is 70.2 Å². The fraction of sp³-hybridized carbons (Fsp3) is 0.227. The quantitative estimate of drug-likeness (QED) is 0.597. The largest absolute Gasteiger partial charge is 0.388 e. The number of aromatic nitrogens is 1. The predicted molar refractivity (Wildman–Crippen MR) is 118 cm³/mol. The van der Waals surface area contributed by atoms with E-state index in [1.807, 2.05) is 30.1 Å². The molecule has 0 radical (unpaired) electrons. The number of nitrogens with zero attached hydrogens (tertiary/aromatic N) is 2. The van der Waals surface area contributed by atoms with Gasteiger partial charge >= 0.3 is 0 Å². The number of thiazole rings is 1. The summed E-state index contributed by atoms with van der Waals surface area (Å²) in [6, 6.07) is 17.2. The number of fused-ring (bicyclic) bond motifs is 2. The van der Waals surface area contributed by atoms with Gasteiger partial charge in [0.2, 0.25) is 5.52 Å². The molecule has 0 spiro atoms. The Labute approximate surface area is 169 Å². The van der Waals surface area contributed by atoms with E-state index in [1.54, 1.807) is 0 Å². The highest BCUT2D eigenvalue weighted by Crippen LogP contribution is 2.45. The standard InChI is InChI=1S/C22H23N3S2/c1-4-24-17-10-6-8-12-19(17)26-21(24)14-16(23-3)15-22-25(5-2)18-11-7-9-13-20(18)27-22/h6-15H,4-5H2,1-3H3/p+1. The van der Waals surface area contributed by atoms with Crippen molar-refractivity contribution in [3.63, 3.8) is 0 Å². The topological polar surface area (TPSA) is 19.1 Å². The molecule has 0 fully saturated rings. The molecule has 4 rings (SSSR count). The number of anilines is 1. The van der Waals surface area contributed by atoms with E-state index in [4.69, 9.17) is 0 Å². The zero-order valence-corrected chi connectivity index (χ0v) is 17.5. The maximum absolute atomic E-state index is 3.38. The molecule has 27 heavy (non-hydrogen) atoms. The van der Waals surface area contributed by atoms with E-state index in [0.29, 0.717) is 0 Å². The van der Waals surface area contributed by atoms with Gasteiger partial charge in [-0.1, -0.05) is 47.4 Å². The van der Waals surface area contributed by atoms with E-state index in [2.05, 4.69) is 89.3 Å². The number of para-hydroxylation sites is 2. The minimum Gasteiger partial charge on any atom is -0.388 e. The van der Waals surface area contributed by atoms with Crippen molar-refractivity contribution in [3.05, 3.63) is 70.3 Å². The first-order valence-electron chi connectivity index (χ1n) is 9.32. The van der Waals surface area contributed by atoms with Gasteiger partial charge in [0.25, 0.3) is 5.01 Å². The second-order valence-electron chi connectivity index (χ2n) is 6.30. The smallest absolute Gasteiger partial charge is 0.264 e. The van der Waals surface area contributed by atoms with Gasteiger partial charge in [-0.05, 0) is 38.1 Å². The average molecular weight is 395 g/mol. The number of rotatable bonds is 5. The number of thioether (sulfide) groups is 1. The van der Waals surface area contributed by atoms with Crippen molar-refractivity contribution in [2.24, 2.45) is 0 Å². The Balaban J connectivity index is 1.74. The lowest BCUT2D eigenvalue weighted by Crippen LogP contribution is -2.33. The summed E-state index contributed by atoms with van der Waals surface area (Å²) < 4.78 is 3.70. The van der Waals surface area contributed by atoms with Crippen molar-refractivity contribution in [1.82, 2.24) is 5.32 Å². The van der Waals surface area contributed by atoms with Gasteiger partial charge < -0.3 is 10.2 Å². The van der Waals surface area contributed by atoms with Crippen LogP contribution in [0.3, 0.4) is 0 Å². The van der Waals surface area contributed by atoms with Crippen molar-refractivity contribution < 1.29 is 4.57 Å². The number of benzene rings is 2. The second kappa shape index (κ2) is 7.79. The molecular formula is C22H24N3S2+. The van der Waals surface area contributed by atoms with Crippen LogP contribution in [0, 0.1) is 0 Å². The molecule has 0 unspecified atom stereocenters. The van der Waals surface area contributed by atoms with Crippen LogP contribution in [0.5, 0.6) is 0 Å². The summed E-state index contributed by atoms with van der Waals surface area (Å²) in [6.07, 6.45) is 4.52. The van der Waals surface area contributed by atoms with Crippen molar-refractivity contribution in [3.8, 4) is 0 Å². The summed E-state index contributed by atoms with van der Waals surface area (Å²) in [6.45, 7) is 6.34. The second-order valence-corrected chi connectivity index (χ2v) is 8.42. The average Bonchev–Trinajstić information content (AvgIpc) is 3.23. The van der Waals surface area contributed by atoms with Gasteiger partial charge in [0.1, 0.15) is 11.2 Å². The Morgan fingerprint density at radius 2 is 1.89 bits per heavy atom. The highest BCUT2D eigenvalue weighted by atomic mass is 32.2. The molecule has 0 amide bonds. The number of likely N-dealkylation sites (N-methyl/N-ethyl adjacent to an activating group) is 1. The summed E-state index contributed by atoms with van der Waals surface area (Å²) in [5, 5.41) is 5.92. The van der Waals surface area contributed by atoms with Gasteiger partial charge in [-0.15, -0.1) is 0 Å². The molecule has 0 aliphatic carbocycles. The summed E-state index contributed by atoms with van der Waals surface area (Å²) >= 11 is 3.68. The molecule has 3 aromatic rings. The van der Waals surface area contributed by atoms with Crippen molar-refractivity contribution in [1.29, 1.82) is 0 Å². The lowest BCUT2D eigenvalue weighted by atomic mass is 10.3. The van der Waals surface area contributed by atoms with E-state index in [-0.39, 0.29) is 0 Å². The minimum absolute atomic E-state index is 0.963. The molecule has 2 aromatic carbocycles. The predicted octanol–water partition coefficient (Wildman–Crippen LogP) is 5.24. The van der Waals surface area contributed by atoms with Crippen LogP contribution in [0.2, 0.25) is 0 Å². The Bertz CT molecular complexity index is 1030. The third kappa shape index (κ3) is 3.37. The van der Waals surface area contributed by atoms with E-state index < -0.39 is 0 Å². The zero-order valence-electron chi connectivity index (χ0n) is 15.9. The minimum atomic E-state index is 0.963. The molecule has 2 heterocycles. The van der Waals surface area contributed by atoms with Crippen molar-refractivity contribution in [2.75, 3.05) is 18.5 Å². The fourth-order valence-electron chi connectivity index (χ4n) is 3.43. The SMILES string of the molecule is CCN1C(=CC(=Cc2sc3ccccc3[n+]2CC)NC)Sc2ccccc21. The number of hydrogen-bond acceptors (Lipinski definition) is 4. The first-order chi connectivity index (χ1) is 13.2. The molecule has 0 saturated heterocycles. The van der Waals surface area contributed by atoms with Crippen LogP contribution in [0.1, 0.15) is 18.9 Å². The lowest BCUT2D eigenvalue weighted by molar-refractivity contribution is -0.665. The maximum atomic E-state index is 3.38. The van der Waals surface area contributed by atoms with E-state index in [9.17, 15) is 0 Å². The van der Waals surface area contributed by atoms with E-state index in [1.165, 1.54) is 30.8 Å². The van der Waals surface area contributed by atoms with Crippen LogP contribution >= 0.6 is 23.1 Å². The Morgan fingerprint density at radius 3 is 2.67 bits per heavy atom. The van der Waals surface area contributed by atoms with Crippen LogP contribution in [0.25, 0.3) is 16.3 Å². The zero-order chi connectivity index (χ0) is 18.8. The summed E-state index contributed by atoms with van der Waals surface area (Å²) in [7, 11) is 2.00. The highest BCUT2D eigenvalue weighted by molar-refractivity contribution is 8.03. The summed E-state index contributed by atoms with van der Waals surface area (Å²) in [5.74, 6) is 0. The molecule has 0 saturated carbocycles. The van der Waals surface area contributed by atoms with Gasteiger partial charge in [0, 0.05) is 36.3 Å². The van der Waals surface area contributed by atoms with Gasteiger partial charge in [-0.25, -0.2) is 0 Å². The summed E-state index contributed by atoms with van der Waals surface area (Å²) in [4.78, 5) is 3.70.